The largest absolute Gasteiger partial charge is 0.418 e. The zero-order valence-electron chi connectivity index (χ0n) is 13.3. The number of rotatable bonds is 4. The molecular weight excluding hydrogens is 309 g/mol. The predicted octanol–water partition coefficient (Wildman–Crippen LogP) is 2.70. The van der Waals surface area contributed by atoms with Crippen molar-refractivity contribution in [2.24, 2.45) is 0 Å². The van der Waals surface area contributed by atoms with Crippen LogP contribution in [0.5, 0.6) is 0 Å². The molecule has 1 saturated heterocycles. The Kier molecular flexibility index (Phi) is 5.51. The van der Waals surface area contributed by atoms with E-state index >= 15 is 0 Å². The third kappa shape index (κ3) is 4.37. The second-order valence-corrected chi connectivity index (χ2v) is 5.63. The summed E-state index contributed by atoms with van der Waals surface area (Å²) in [5.41, 5.74) is 0.151. The van der Waals surface area contributed by atoms with E-state index in [1.165, 1.54) is 19.2 Å². The third-order valence-electron chi connectivity index (χ3n) is 3.95. The van der Waals surface area contributed by atoms with Gasteiger partial charge in [0, 0.05) is 39.0 Å². The minimum Gasteiger partial charge on any atom is -0.384 e. The van der Waals surface area contributed by atoms with Gasteiger partial charge in [-0.1, -0.05) is 11.6 Å². The molecule has 0 bridgehead atoms. The van der Waals surface area contributed by atoms with Crippen LogP contribution in [0.2, 0.25) is 0 Å². The quantitative estimate of drug-likeness (QED) is 0.851. The van der Waals surface area contributed by atoms with E-state index in [2.05, 4.69) is 0 Å². The van der Waals surface area contributed by atoms with E-state index in [4.69, 9.17) is 4.74 Å². The number of hydrogen-bond acceptors (Lipinski definition) is 3. The monoisotopic (exact) mass is 330 g/mol. The van der Waals surface area contributed by atoms with Gasteiger partial charge < -0.3 is 14.5 Å². The fraction of sp³-hybridized carbons (Fsp3) is 0.562. The number of methoxy groups -OCH3 is 1. The second-order valence-electron chi connectivity index (χ2n) is 5.63. The molecule has 0 aliphatic carbocycles. The molecular formula is C16H21F3N2O2. The molecule has 0 atom stereocenters. The molecule has 1 heterocycles. The Bertz CT molecular complexity index is 553. The third-order valence-corrected chi connectivity index (χ3v) is 3.95. The first-order chi connectivity index (χ1) is 10.8. The Hall–Kier alpha value is -1.76. The van der Waals surface area contributed by atoms with Gasteiger partial charge in [-0.05, 0) is 19.1 Å². The highest BCUT2D eigenvalue weighted by Gasteiger charge is 2.35. The van der Waals surface area contributed by atoms with E-state index in [9.17, 15) is 18.0 Å². The van der Waals surface area contributed by atoms with Crippen molar-refractivity contribution in [2.45, 2.75) is 19.5 Å². The minimum absolute atomic E-state index is 0.0218. The highest BCUT2D eigenvalue weighted by atomic mass is 19.4. The molecule has 1 aliphatic heterocycles. The molecule has 23 heavy (non-hydrogen) atoms. The fourth-order valence-electron chi connectivity index (χ4n) is 2.70. The van der Waals surface area contributed by atoms with E-state index in [1.807, 2.05) is 0 Å². The Morgan fingerprint density at radius 1 is 1.22 bits per heavy atom. The summed E-state index contributed by atoms with van der Waals surface area (Å²) in [6, 6.07) is 4.37. The van der Waals surface area contributed by atoms with Crippen LogP contribution in [0.15, 0.2) is 18.2 Å². The maximum absolute atomic E-state index is 13.2. The molecule has 0 spiro atoms. The van der Waals surface area contributed by atoms with Gasteiger partial charge in [-0.25, -0.2) is 0 Å². The smallest absolute Gasteiger partial charge is 0.384 e. The molecule has 128 valence electrons. The van der Waals surface area contributed by atoms with Gasteiger partial charge in [0.1, 0.15) is 0 Å². The molecule has 0 N–H and O–H groups in total. The number of amides is 1. The zero-order valence-corrected chi connectivity index (χ0v) is 13.3. The van der Waals surface area contributed by atoms with Crippen LogP contribution < -0.4 is 4.90 Å². The molecule has 1 aromatic rings. The first-order valence-electron chi connectivity index (χ1n) is 7.52. The summed E-state index contributed by atoms with van der Waals surface area (Å²) in [5.74, 6) is -0.0218. The lowest BCUT2D eigenvalue weighted by atomic mass is 10.1. The maximum atomic E-state index is 13.2. The van der Waals surface area contributed by atoms with Gasteiger partial charge in [-0.15, -0.1) is 0 Å². The lowest BCUT2D eigenvalue weighted by Gasteiger charge is -2.37. The number of halogens is 3. The molecule has 0 radical (unpaired) electrons. The lowest BCUT2D eigenvalue weighted by Crippen LogP contribution is -2.49. The molecule has 1 aliphatic rings. The van der Waals surface area contributed by atoms with Crippen molar-refractivity contribution in [1.82, 2.24) is 4.90 Å². The number of carbonyl (C=O) groups is 1. The number of carbonyl (C=O) groups excluding carboxylic acids is 1. The number of anilines is 1. The van der Waals surface area contributed by atoms with Gasteiger partial charge in [-0.3, -0.25) is 4.79 Å². The molecule has 7 heteroatoms. The van der Waals surface area contributed by atoms with Crippen molar-refractivity contribution < 1.29 is 22.7 Å². The van der Waals surface area contributed by atoms with Crippen LogP contribution in [0, 0.1) is 6.92 Å². The Labute approximate surface area is 133 Å². The van der Waals surface area contributed by atoms with E-state index < -0.39 is 11.7 Å². The molecule has 1 amide bonds. The van der Waals surface area contributed by atoms with E-state index in [0.29, 0.717) is 44.8 Å². The van der Waals surface area contributed by atoms with Crippen molar-refractivity contribution in [2.75, 3.05) is 44.8 Å². The normalized spacial score (nSPS) is 15.9. The SMILES string of the molecule is COCCC(=O)N1CCN(c2ccc(C)cc2C(F)(F)F)CC1. The van der Waals surface area contributed by atoms with Gasteiger partial charge in [0.2, 0.25) is 5.91 Å². The number of aryl methyl sites for hydroxylation is 1. The highest BCUT2D eigenvalue weighted by Crippen LogP contribution is 2.37. The van der Waals surface area contributed by atoms with Gasteiger partial charge in [0.05, 0.1) is 18.6 Å². The topological polar surface area (TPSA) is 32.8 Å². The summed E-state index contributed by atoms with van der Waals surface area (Å²) in [4.78, 5) is 15.3. The summed E-state index contributed by atoms with van der Waals surface area (Å²) in [6.45, 7) is 3.64. The van der Waals surface area contributed by atoms with Crippen molar-refractivity contribution in [3.63, 3.8) is 0 Å². The number of nitrogens with zero attached hydrogens (tertiary/aromatic N) is 2. The van der Waals surface area contributed by atoms with Crippen molar-refractivity contribution in [3.05, 3.63) is 29.3 Å². The van der Waals surface area contributed by atoms with E-state index in [0.717, 1.165) is 0 Å². The summed E-state index contributed by atoms with van der Waals surface area (Å²) < 4.78 is 44.5. The van der Waals surface area contributed by atoms with Gasteiger partial charge in [0.15, 0.2) is 0 Å². The molecule has 0 aromatic heterocycles. The number of hydrogen-bond donors (Lipinski definition) is 0. The van der Waals surface area contributed by atoms with Crippen LogP contribution in [0.1, 0.15) is 17.5 Å². The second kappa shape index (κ2) is 7.21. The van der Waals surface area contributed by atoms with E-state index in [1.54, 1.807) is 22.8 Å². The van der Waals surface area contributed by atoms with Crippen LogP contribution >= 0.6 is 0 Å². The average Bonchev–Trinajstić information content (AvgIpc) is 2.52. The van der Waals surface area contributed by atoms with Crippen molar-refractivity contribution in [1.29, 1.82) is 0 Å². The Morgan fingerprint density at radius 2 is 1.87 bits per heavy atom. The first-order valence-corrected chi connectivity index (χ1v) is 7.52. The predicted molar refractivity (Wildman–Crippen MR) is 81.5 cm³/mol. The minimum atomic E-state index is -4.38. The van der Waals surface area contributed by atoms with Crippen LogP contribution in [-0.4, -0.2) is 50.7 Å². The van der Waals surface area contributed by atoms with Crippen LogP contribution in [0.25, 0.3) is 0 Å². The average molecular weight is 330 g/mol. The number of benzene rings is 1. The van der Waals surface area contributed by atoms with Crippen LogP contribution in [0.3, 0.4) is 0 Å². The lowest BCUT2D eigenvalue weighted by molar-refractivity contribution is -0.137. The molecule has 1 fully saturated rings. The number of alkyl halides is 3. The van der Waals surface area contributed by atoms with Crippen LogP contribution in [-0.2, 0) is 15.7 Å². The Morgan fingerprint density at radius 3 is 2.43 bits per heavy atom. The zero-order chi connectivity index (χ0) is 17.0. The van der Waals surface area contributed by atoms with Gasteiger partial charge in [-0.2, -0.15) is 13.2 Å². The Balaban J connectivity index is 2.07. The van der Waals surface area contributed by atoms with E-state index in [-0.39, 0.29) is 11.6 Å². The summed E-state index contributed by atoms with van der Waals surface area (Å²) in [7, 11) is 1.53. The highest BCUT2D eigenvalue weighted by molar-refractivity contribution is 5.76. The van der Waals surface area contributed by atoms with Crippen LogP contribution in [0.4, 0.5) is 18.9 Å². The number of ether oxygens (including phenoxy) is 1. The maximum Gasteiger partial charge on any atom is 0.418 e. The summed E-state index contributed by atoms with van der Waals surface area (Å²) in [6.07, 6.45) is -4.08. The molecule has 4 nitrogen and oxygen atoms in total. The molecule has 0 saturated carbocycles. The fourth-order valence-corrected chi connectivity index (χ4v) is 2.70. The molecule has 2 rings (SSSR count). The van der Waals surface area contributed by atoms with Gasteiger partial charge >= 0.3 is 6.18 Å². The number of piperazine rings is 1. The van der Waals surface area contributed by atoms with Gasteiger partial charge in [0.25, 0.3) is 0 Å². The first kappa shape index (κ1) is 17.6. The molecule has 0 unspecified atom stereocenters. The summed E-state index contributed by atoms with van der Waals surface area (Å²) >= 11 is 0. The standard InChI is InChI=1S/C16H21F3N2O2/c1-12-3-4-14(13(11-12)16(17,18)19)20-6-8-21(9-7-20)15(22)5-10-23-2/h3-4,11H,5-10H2,1-2H3. The van der Waals surface area contributed by atoms with Crippen molar-refractivity contribution >= 4 is 11.6 Å². The summed E-state index contributed by atoms with van der Waals surface area (Å²) in [5, 5.41) is 0. The van der Waals surface area contributed by atoms with Crippen molar-refractivity contribution in [3.8, 4) is 0 Å². The molecule has 1 aromatic carbocycles.